The number of nitrogens with zero attached hydrogens (tertiary/aromatic N) is 1. The normalized spacial score (nSPS) is 11.9. The number of hydrogen-bond acceptors (Lipinski definition) is 3. The molecule has 0 saturated carbocycles. The van der Waals surface area contributed by atoms with Gasteiger partial charge in [-0.3, -0.25) is 4.79 Å². The predicted molar refractivity (Wildman–Crippen MR) is 64.1 cm³/mol. The lowest BCUT2D eigenvalue weighted by molar-refractivity contribution is -0.112. The average molecular weight is 219 g/mol. The van der Waals surface area contributed by atoms with Crippen LogP contribution in [0.1, 0.15) is 31.9 Å². The van der Waals surface area contributed by atoms with Crippen LogP contribution < -0.4 is 0 Å². The maximum Gasteiger partial charge on any atom is 0.181 e. The summed E-state index contributed by atoms with van der Waals surface area (Å²) in [6.45, 7) is 6.32. The molecule has 3 nitrogen and oxygen atoms in total. The summed E-state index contributed by atoms with van der Waals surface area (Å²) in [5, 5.41) is 11.0. The fourth-order valence-electron chi connectivity index (χ4n) is 1.70. The molecule has 0 heterocycles. The Morgan fingerprint density at radius 1 is 1.38 bits per heavy atom. The quantitative estimate of drug-likeness (QED) is 0.482. The molecule has 0 aromatic heterocycles. The highest BCUT2D eigenvalue weighted by atomic mass is 16.4. The Hall–Kier alpha value is -1.64. The van der Waals surface area contributed by atoms with E-state index in [1.165, 1.54) is 0 Å². The van der Waals surface area contributed by atoms with Crippen molar-refractivity contribution >= 4 is 12.0 Å². The molecule has 0 radical (unpaired) electrons. The fourth-order valence-corrected chi connectivity index (χ4v) is 1.70. The number of carbonyl (C=O) groups excluding carboxylic acids is 1. The molecule has 0 atom stereocenters. The first-order valence-electron chi connectivity index (χ1n) is 5.24. The molecule has 86 valence electrons. The van der Waals surface area contributed by atoms with Crippen molar-refractivity contribution in [3.8, 4) is 0 Å². The van der Waals surface area contributed by atoms with Gasteiger partial charge < -0.3 is 5.21 Å². The predicted octanol–water partition coefficient (Wildman–Crippen LogP) is 2.56. The zero-order valence-electron chi connectivity index (χ0n) is 9.90. The van der Waals surface area contributed by atoms with Crippen LogP contribution in [0, 0.1) is 0 Å². The lowest BCUT2D eigenvalue weighted by Crippen LogP contribution is -2.16. The zero-order chi connectivity index (χ0) is 12.2. The minimum Gasteiger partial charge on any atom is -0.411 e. The van der Waals surface area contributed by atoms with E-state index in [4.69, 9.17) is 5.21 Å². The van der Waals surface area contributed by atoms with Crippen LogP contribution in [0.15, 0.2) is 29.4 Å². The summed E-state index contributed by atoms with van der Waals surface area (Å²) < 4.78 is 0. The summed E-state index contributed by atoms with van der Waals surface area (Å²) in [4.78, 5) is 11.4. The van der Waals surface area contributed by atoms with Gasteiger partial charge in [0.25, 0.3) is 0 Å². The topological polar surface area (TPSA) is 49.7 Å². The Balaban J connectivity index is 3.01. The third kappa shape index (κ3) is 3.19. The molecule has 0 unspecified atom stereocenters. The molecule has 0 spiro atoms. The zero-order valence-corrected chi connectivity index (χ0v) is 9.90. The Morgan fingerprint density at radius 2 is 2.00 bits per heavy atom. The van der Waals surface area contributed by atoms with Crippen LogP contribution in [0.3, 0.4) is 0 Å². The molecule has 0 fully saturated rings. The summed E-state index contributed by atoms with van der Waals surface area (Å²) in [5.74, 6) is -0.195. The van der Waals surface area contributed by atoms with E-state index in [9.17, 15) is 4.79 Å². The fraction of sp³-hybridized carbons (Fsp3) is 0.385. The molecule has 1 aromatic carbocycles. The molecule has 1 N–H and O–H groups in total. The van der Waals surface area contributed by atoms with E-state index >= 15 is 0 Å². The maximum atomic E-state index is 11.4. The number of benzene rings is 1. The second-order valence-electron chi connectivity index (χ2n) is 4.79. The molecule has 0 amide bonds. The average Bonchev–Trinajstić information content (AvgIpc) is 2.17. The Bertz CT molecular complexity index is 403. The van der Waals surface area contributed by atoms with Crippen LogP contribution in [-0.4, -0.2) is 17.2 Å². The highest BCUT2D eigenvalue weighted by Crippen LogP contribution is 2.25. The number of hydrogen-bond donors (Lipinski definition) is 1. The van der Waals surface area contributed by atoms with Crippen molar-refractivity contribution < 1.29 is 10.0 Å². The van der Waals surface area contributed by atoms with Gasteiger partial charge in [-0.15, -0.1) is 0 Å². The summed E-state index contributed by atoms with van der Waals surface area (Å²) in [6.07, 6.45) is 1.22. The van der Waals surface area contributed by atoms with Crippen LogP contribution in [0.25, 0.3) is 0 Å². The van der Waals surface area contributed by atoms with E-state index in [1.54, 1.807) is 0 Å². The van der Waals surface area contributed by atoms with E-state index in [-0.39, 0.29) is 17.6 Å². The van der Waals surface area contributed by atoms with Crippen molar-refractivity contribution in [1.82, 2.24) is 0 Å². The van der Waals surface area contributed by atoms with Gasteiger partial charge in [0.1, 0.15) is 6.21 Å². The number of rotatable bonds is 3. The first-order chi connectivity index (χ1) is 7.45. The molecular weight excluding hydrogens is 202 g/mol. The van der Waals surface area contributed by atoms with Crippen molar-refractivity contribution in [2.75, 3.05) is 0 Å². The Morgan fingerprint density at radius 3 is 2.56 bits per heavy atom. The molecule has 16 heavy (non-hydrogen) atoms. The van der Waals surface area contributed by atoms with Crippen molar-refractivity contribution in [1.29, 1.82) is 0 Å². The number of oxime groups is 1. The van der Waals surface area contributed by atoms with Crippen molar-refractivity contribution in [3.05, 3.63) is 35.4 Å². The van der Waals surface area contributed by atoms with Crippen LogP contribution in [0.5, 0.6) is 0 Å². The van der Waals surface area contributed by atoms with E-state index in [0.717, 1.165) is 17.3 Å². The van der Waals surface area contributed by atoms with Gasteiger partial charge in [-0.05, 0) is 16.5 Å². The molecule has 1 rings (SSSR count). The first-order valence-corrected chi connectivity index (χ1v) is 5.24. The third-order valence-corrected chi connectivity index (χ3v) is 2.39. The molecular formula is C13H17NO2. The third-order valence-electron chi connectivity index (χ3n) is 2.39. The van der Waals surface area contributed by atoms with Crippen molar-refractivity contribution in [2.45, 2.75) is 32.6 Å². The van der Waals surface area contributed by atoms with Gasteiger partial charge in [0.2, 0.25) is 0 Å². The standard InChI is InChI=1S/C13H17NO2/c1-13(2,3)12-7-5-4-6-10(12)8-11(15)9-14-16/h4-7,9,16H,8H2,1-3H3/b14-9+. The number of carbonyl (C=O) groups is 1. The summed E-state index contributed by atoms with van der Waals surface area (Å²) in [5.41, 5.74) is 2.14. The van der Waals surface area contributed by atoms with Gasteiger partial charge in [-0.25, -0.2) is 0 Å². The van der Waals surface area contributed by atoms with Crippen LogP contribution in [0.4, 0.5) is 0 Å². The van der Waals surface area contributed by atoms with Gasteiger partial charge in [0.05, 0.1) is 0 Å². The lowest BCUT2D eigenvalue weighted by atomic mass is 9.82. The van der Waals surface area contributed by atoms with Crippen LogP contribution in [0.2, 0.25) is 0 Å². The van der Waals surface area contributed by atoms with Gasteiger partial charge in [0.15, 0.2) is 5.78 Å². The van der Waals surface area contributed by atoms with Gasteiger partial charge in [-0.2, -0.15) is 0 Å². The molecule has 0 bridgehead atoms. The number of ketones is 1. The molecule has 0 saturated heterocycles. The summed E-state index contributed by atoms with van der Waals surface area (Å²) in [7, 11) is 0. The van der Waals surface area contributed by atoms with Gasteiger partial charge in [0, 0.05) is 6.42 Å². The van der Waals surface area contributed by atoms with Crippen molar-refractivity contribution in [2.24, 2.45) is 5.16 Å². The summed E-state index contributed by atoms with van der Waals surface area (Å²) >= 11 is 0. The highest BCUT2D eigenvalue weighted by molar-refractivity contribution is 6.27. The summed E-state index contributed by atoms with van der Waals surface area (Å²) in [6, 6.07) is 7.84. The second kappa shape index (κ2) is 4.92. The van der Waals surface area contributed by atoms with Crippen LogP contribution >= 0.6 is 0 Å². The maximum absolute atomic E-state index is 11.4. The molecule has 3 heteroatoms. The van der Waals surface area contributed by atoms with E-state index in [1.807, 2.05) is 24.3 Å². The monoisotopic (exact) mass is 219 g/mol. The minimum absolute atomic E-state index is 0.00717. The first kappa shape index (κ1) is 12.4. The van der Waals surface area contributed by atoms with Crippen LogP contribution in [-0.2, 0) is 16.6 Å². The molecule has 0 aliphatic carbocycles. The lowest BCUT2D eigenvalue weighted by Gasteiger charge is -2.22. The van der Waals surface area contributed by atoms with Crippen molar-refractivity contribution in [3.63, 3.8) is 0 Å². The van der Waals surface area contributed by atoms with E-state index < -0.39 is 0 Å². The minimum atomic E-state index is -0.195. The van der Waals surface area contributed by atoms with E-state index in [0.29, 0.717) is 0 Å². The number of Topliss-reactive ketones (excluding diaryl/α,β-unsaturated/α-hetero) is 1. The molecule has 0 aliphatic heterocycles. The SMILES string of the molecule is CC(C)(C)c1ccccc1CC(=O)/C=N/O. The van der Waals surface area contributed by atoms with E-state index in [2.05, 4.69) is 25.9 Å². The Labute approximate surface area is 95.8 Å². The molecule has 1 aromatic rings. The molecule has 0 aliphatic rings. The van der Waals surface area contributed by atoms with Gasteiger partial charge >= 0.3 is 0 Å². The largest absolute Gasteiger partial charge is 0.411 e. The van der Waals surface area contributed by atoms with Gasteiger partial charge in [-0.1, -0.05) is 50.2 Å². The smallest absolute Gasteiger partial charge is 0.181 e. The Kier molecular flexibility index (Phi) is 3.82. The highest BCUT2D eigenvalue weighted by Gasteiger charge is 2.18. The second-order valence-corrected chi connectivity index (χ2v) is 4.79.